The van der Waals surface area contributed by atoms with Crippen molar-refractivity contribution in [3.05, 3.63) is 23.8 Å². The number of carboxylic acids is 1. The van der Waals surface area contributed by atoms with Gasteiger partial charge in [0.25, 0.3) is 0 Å². The summed E-state index contributed by atoms with van der Waals surface area (Å²) in [5, 5.41) is 9.88. The quantitative estimate of drug-likeness (QED) is 0.763. The summed E-state index contributed by atoms with van der Waals surface area (Å²) < 4.78 is 17.1. The van der Waals surface area contributed by atoms with Crippen LogP contribution in [0.4, 0.5) is 4.79 Å². The molecule has 3 rings (SSSR count). The maximum absolute atomic E-state index is 12.2. The molecule has 7 heteroatoms. The van der Waals surface area contributed by atoms with Crippen LogP contribution in [0.15, 0.2) is 18.2 Å². The Labute approximate surface area is 178 Å². The van der Waals surface area contributed by atoms with Gasteiger partial charge in [0, 0.05) is 37.6 Å². The van der Waals surface area contributed by atoms with E-state index in [-0.39, 0.29) is 12.2 Å². The Kier molecular flexibility index (Phi) is 6.48. The average molecular weight is 420 g/mol. The Bertz CT molecular complexity index is 770. The van der Waals surface area contributed by atoms with E-state index in [1.54, 1.807) is 18.1 Å². The van der Waals surface area contributed by atoms with Crippen molar-refractivity contribution in [3.63, 3.8) is 0 Å². The maximum atomic E-state index is 12.2. The predicted molar refractivity (Wildman–Crippen MR) is 112 cm³/mol. The fourth-order valence-corrected chi connectivity index (χ4v) is 4.39. The lowest BCUT2D eigenvalue weighted by Gasteiger charge is -2.33. The highest BCUT2D eigenvalue weighted by Gasteiger charge is 2.45. The Hall–Kier alpha value is -2.44. The van der Waals surface area contributed by atoms with E-state index in [1.165, 1.54) is 0 Å². The highest BCUT2D eigenvalue weighted by Crippen LogP contribution is 2.46. The minimum Gasteiger partial charge on any atom is -0.496 e. The lowest BCUT2D eigenvalue weighted by molar-refractivity contribution is -0.143. The first kappa shape index (κ1) is 22.2. The molecule has 1 aromatic rings. The number of nitrogens with zero attached hydrogens (tertiary/aromatic N) is 1. The lowest BCUT2D eigenvalue weighted by Crippen LogP contribution is -2.44. The van der Waals surface area contributed by atoms with E-state index >= 15 is 0 Å². The molecule has 0 unspecified atom stereocenters. The SMILES string of the molecule is COc1cc(OC2CCN(C(=O)OC(C)(C)C)CC2)ccc1C1(C(=O)O)CCCC1. The molecular weight excluding hydrogens is 386 g/mol. The summed E-state index contributed by atoms with van der Waals surface area (Å²) in [5.74, 6) is 0.425. The largest absolute Gasteiger partial charge is 0.496 e. The number of ether oxygens (including phenoxy) is 3. The molecule has 2 aliphatic rings. The van der Waals surface area contributed by atoms with Crippen molar-refractivity contribution < 1.29 is 28.9 Å². The molecule has 0 atom stereocenters. The van der Waals surface area contributed by atoms with Crippen LogP contribution in [0.3, 0.4) is 0 Å². The van der Waals surface area contributed by atoms with Gasteiger partial charge in [0.05, 0.1) is 12.5 Å². The van der Waals surface area contributed by atoms with E-state index in [9.17, 15) is 14.7 Å². The monoisotopic (exact) mass is 419 g/mol. The van der Waals surface area contributed by atoms with Crippen molar-refractivity contribution in [3.8, 4) is 11.5 Å². The van der Waals surface area contributed by atoms with Crippen molar-refractivity contribution in [2.45, 2.75) is 76.4 Å². The molecule has 1 N–H and O–H groups in total. The fraction of sp³-hybridized carbons (Fsp3) is 0.652. The number of hydrogen-bond donors (Lipinski definition) is 1. The summed E-state index contributed by atoms with van der Waals surface area (Å²) in [5.41, 5.74) is -0.653. The van der Waals surface area contributed by atoms with Crippen molar-refractivity contribution in [2.75, 3.05) is 20.2 Å². The zero-order valence-electron chi connectivity index (χ0n) is 18.4. The molecule has 1 aliphatic heterocycles. The number of hydrogen-bond acceptors (Lipinski definition) is 5. The summed E-state index contributed by atoms with van der Waals surface area (Å²) in [7, 11) is 1.56. The van der Waals surface area contributed by atoms with Gasteiger partial charge in [-0.15, -0.1) is 0 Å². The van der Waals surface area contributed by atoms with E-state index in [0.717, 1.165) is 18.4 Å². The zero-order valence-corrected chi connectivity index (χ0v) is 18.4. The summed E-state index contributed by atoms with van der Waals surface area (Å²) in [6.07, 6.45) is 4.18. The standard InChI is InChI=1S/C23H33NO6/c1-22(2,3)30-21(27)24-13-9-16(10-14-24)29-17-7-8-18(19(15-17)28-4)23(20(25)26)11-5-6-12-23/h7-8,15-16H,5-6,9-14H2,1-4H3,(H,25,26). The molecule has 1 aromatic carbocycles. The number of piperidine rings is 1. The molecule has 1 saturated carbocycles. The summed E-state index contributed by atoms with van der Waals surface area (Å²) in [6.45, 7) is 6.74. The topological polar surface area (TPSA) is 85.3 Å². The van der Waals surface area contributed by atoms with Crippen molar-refractivity contribution in [2.24, 2.45) is 0 Å². The van der Waals surface area contributed by atoms with Crippen LogP contribution >= 0.6 is 0 Å². The van der Waals surface area contributed by atoms with Crippen molar-refractivity contribution >= 4 is 12.1 Å². The van der Waals surface area contributed by atoms with Gasteiger partial charge in [-0.1, -0.05) is 18.9 Å². The lowest BCUT2D eigenvalue weighted by atomic mass is 9.78. The molecule has 0 radical (unpaired) electrons. The van der Waals surface area contributed by atoms with Crippen LogP contribution in [0.5, 0.6) is 11.5 Å². The van der Waals surface area contributed by atoms with Gasteiger partial charge in [-0.3, -0.25) is 4.79 Å². The number of amides is 1. The van der Waals surface area contributed by atoms with Gasteiger partial charge < -0.3 is 24.2 Å². The van der Waals surface area contributed by atoms with Crippen LogP contribution in [-0.2, 0) is 14.9 Å². The second-order valence-electron chi connectivity index (χ2n) is 9.24. The number of aliphatic carboxylic acids is 1. The fourth-order valence-electron chi connectivity index (χ4n) is 4.39. The summed E-state index contributed by atoms with van der Waals surface area (Å²) in [6, 6.07) is 5.46. The first-order valence-electron chi connectivity index (χ1n) is 10.7. The first-order chi connectivity index (χ1) is 14.1. The van der Waals surface area contributed by atoms with Gasteiger partial charge in [0.1, 0.15) is 23.2 Å². The molecule has 0 bridgehead atoms. The Balaban J connectivity index is 1.65. The van der Waals surface area contributed by atoms with E-state index < -0.39 is 17.0 Å². The van der Waals surface area contributed by atoms with Gasteiger partial charge in [-0.05, 0) is 39.7 Å². The van der Waals surface area contributed by atoms with Crippen LogP contribution in [0.1, 0.15) is 64.9 Å². The minimum atomic E-state index is -0.872. The van der Waals surface area contributed by atoms with E-state index in [1.807, 2.05) is 32.9 Å². The minimum absolute atomic E-state index is 0.0147. The number of carboxylic acid groups (broad SMARTS) is 1. The Morgan fingerprint density at radius 2 is 1.77 bits per heavy atom. The smallest absolute Gasteiger partial charge is 0.410 e. The molecular formula is C23H33NO6. The predicted octanol–water partition coefficient (Wildman–Crippen LogP) is 4.37. The second kappa shape index (κ2) is 8.74. The molecule has 0 aromatic heterocycles. The second-order valence-corrected chi connectivity index (χ2v) is 9.24. The Morgan fingerprint density at radius 1 is 1.13 bits per heavy atom. The zero-order chi connectivity index (χ0) is 21.9. The third-order valence-electron chi connectivity index (χ3n) is 5.95. The highest BCUT2D eigenvalue weighted by molar-refractivity contribution is 5.83. The van der Waals surface area contributed by atoms with Crippen LogP contribution in [0.2, 0.25) is 0 Å². The van der Waals surface area contributed by atoms with Crippen LogP contribution in [-0.4, -0.2) is 54.0 Å². The summed E-state index contributed by atoms with van der Waals surface area (Å²) in [4.78, 5) is 26.0. The summed E-state index contributed by atoms with van der Waals surface area (Å²) >= 11 is 0. The molecule has 166 valence electrons. The normalized spacial score (nSPS) is 19.4. The first-order valence-corrected chi connectivity index (χ1v) is 10.7. The number of methoxy groups -OCH3 is 1. The molecule has 2 fully saturated rings. The van der Waals surface area contributed by atoms with E-state index in [0.29, 0.717) is 50.3 Å². The van der Waals surface area contributed by atoms with Gasteiger partial charge >= 0.3 is 12.1 Å². The molecule has 1 saturated heterocycles. The van der Waals surface area contributed by atoms with Gasteiger partial charge in [-0.2, -0.15) is 0 Å². The number of likely N-dealkylation sites (tertiary alicyclic amines) is 1. The van der Waals surface area contributed by atoms with Crippen molar-refractivity contribution in [1.29, 1.82) is 0 Å². The molecule has 7 nitrogen and oxygen atoms in total. The number of rotatable bonds is 5. The van der Waals surface area contributed by atoms with Gasteiger partial charge in [-0.25, -0.2) is 4.79 Å². The van der Waals surface area contributed by atoms with E-state index in [4.69, 9.17) is 14.2 Å². The molecule has 30 heavy (non-hydrogen) atoms. The average Bonchev–Trinajstić information content (AvgIpc) is 3.18. The van der Waals surface area contributed by atoms with E-state index in [2.05, 4.69) is 0 Å². The molecule has 1 amide bonds. The Morgan fingerprint density at radius 3 is 2.30 bits per heavy atom. The molecule has 0 spiro atoms. The molecule has 1 aliphatic carbocycles. The van der Waals surface area contributed by atoms with Crippen LogP contribution in [0.25, 0.3) is 0 Å². The third-order valence-corrected chi connectivity index (χ3v) is 5.95. The number of benzene rings is 1. The number of carbonyl (C=O) groups is 2. The maximum Gasteiger partial charge on any atom is 0.410 e. The number of carbonyl (C=O) groups excluding carboxylic acids is 1. The van der Waals surface area contributed by atoms with Gasteiger partial charge in [0.2, 0.25) is 0 Å². The highest BCUT2D eigenvalue weighted by atomic mass is 16.6. The van der Waals surface area contributed by atoms with Crippen LogP contribution in [0, 0.1) is 0 Å². The van der Waals surface area contributed by atoms with Crippen molar-refractivity contribution in [1.82, 2.24) is 4.90 Å². The van der Waals surface area contributed by atoms with Crippen LogP contribution < -0.4 is 9.47 Å². The third kappa shape index (κ3) is 4.82. The van der Waals surface area contributed by atoms with Gasteiger partial charge in [0.15, 0.2) is 0 Å². The molecule has 1 heterocycles.